The summed E-state index contributed by atoms with van der Waals surface area (Å²) in [5.74, 6) is 0. The Morgan fingerprint density at radius 3 is 2.43 bits per heavy atom. The predicted octanol–water partition coefficient (Wildman–Crippen LogP) is 3.23. The molecule has 0 saturated heterocycles. The molecular weight excluding hydrogens is 352 g/mol. The summed E-state index contributed by atoms with van der Waals surface area (Å²) in [6.45, 7) is 10.1. The Morgan fingerprint density at radius 1 is 1.29 bits per heavy atom. The lowest BCUT2D eigenvalue weighted by atomic mass is 9.97. The molecule has 0 aliphatic carbocycles. The molecule has 0 aliphatic rings. The summed E-state index contributed by atoms with van der Waals surface area (Å²) in [6, 6.07) is 5.46. The van der Waals surface area contributed by atoms with E-state index in [4.69, 9.17) is 0 Å². The van der Waals surface area contributed by atoms with Crippen molar-refractivity contribution in [3.05, 3.63) is 28.2 Å². The molecule has 1 aromatic carbocycles. The molecule has 0 spiro atoms. The Bertz CT molecular complexity index is 580. The summed E-state index contributed by atoms with van der Waals surface area (Å²) in [4.78, 5) is 0.324. The van der Waals surface area contributed by atoms with Crippen LogP contribution in [0.3, 0.4) is 0 Å². The highest BCUT2D eigenvalue weighted by atomic mass is 79.9. The number of rotatable bonds is 6. The van der Waals surface area contributed by atoms with Gasteiger partial charge in [-0.2, -0.15) is 0 Å². The van der Waals surface area contributed by atoms with E-state index >= 15 is 0 Å². The average Bonchev–Trinajstić information content (AvgIpc) is 2.35. The van der Waals surface area contributed by atoms with Gasteiger partial charge in [-0.25, -0.2) is 12.7 Å². The van der Waals surface area contributed by atoms with E-state index < -0.39 is 10.0 Å². The number of benzene rings is 1. The van der Waals surface area contributed by atoms with Crippen LogP contribution in [0.4, 0.5) is 0 Å². The summed E-state index contributed by atoms with van der Waals surface area (Å²) in [7, 11) is -1.86. The van der Waals surface area contributed by atoms with Crippen LogP contribution >= 0.6 is 15.9 Å². The van der Waals surface area contributed by atoms with Crippen LogP contribution in [-0.2, 0) is 16.6 Å². The average molecular weight is 377 g/mol. The first kappa shape index (κ1) is 18.6. The van der Waals surface area contributed by atoms with E-state index in [9.17, 15) is 8.42 Å². The maximum Gasteiger partial charge on any atom is 0.243 e. The zero-order valence-electron chi connectivity index (χ0n) is 13.4. The summed E-state index contributed by atoms with van der Waals surface area (Å²) in [6.07, 6.45) is 0. The molecule has 1 aromatic rings. The van der Waals surface area contributed by atoms with Crippen molar-refractivity contribution in [2.45, 2.75) is 39.1 Å². The van der Waals surface area contributed by atoms with Crippen LogP contribution in [0, 0.1) is 5.41 Å². The number of hydrogen-bond donors (Lipinski definition) is 1. The molecule has 0 saturated carbocycles. The van der Waals surface area contributed by atoms with Crippen LogP contribution in [0.2, 0.25) is 0 Å². The standard InChI is InChI=1S/C15H25BrN2O2S/c1-6-17-10-12-7-8-13(16)14(9-12)21(19,20)18(5)11-15(2,3)4/h7-9,17H,6,10-11H2,1-5H3. The molecule has 0 aliphatic heterocycles. The molecule has 0 fully saturated rings. The molecule has 0 amide bonds. The Kier molecular flexibility index (Phi) is 6.40. The predicted molar refractivity (Wildman–Crippen MR) is 90.8 cm³/mol. The second-order valence-electron chi connectivity index (χ2n) is 6.37. The van der Waals surface area contributed by atoms with Gasteiger partial charge in [0.1, 0.15) is 0 Å². The fraction of sp³-hybridized carbons (Fsp3) is 0.600. The molecule has 1 rings (SSSR count). The van der Waals surface area contributed by atoms with Crippen molar-refractivity contribution >= 4 is 26.0 Å². The molecule has 0 radical (unpaired) electrons. The van der Waals surface area contributed by atoms with Gasteiger partial charge in [0, 0.05) is 24.6 Å². The van der Waals surface area contributed by atoms with Crippen molar-refractivity contribution in [2.24, 2.45) is 5.41 Å². The van der Waals surface area contributed by atoms with E-state index in [2.05, 4.69) is 21.2 Å². The highest BCUT2D eigenvalue weighted by Gasteiger charge is 2.27. The fourth-order valence-corrected chi connectivity index (χ4v) is 4.41. The minimum absolute atomic E-state index is 0.0876. The van der Waals surface area contributed by atoms with Gasteiger partial charge in [-0.05, 0) is 45.6 Å². The normalized spacial score (nSPS) is 12.9. The third-order valence-electron chi connectivity index (χ3n) is 2.96. The van der Waals surface area contributed by atoms with Gasteiger partial charge >= 0.3 is 0 Å². The minimum Gasteiger partial charge on any atom is -0.313 e. The van der Waals surface area contributed by atoms with Crippen molar-refractivity contribution in [3.63, 3.8) is 0 Å². The Balaban J connectivity index is 3.12. The number of nitrogens with zero attached hydrogens (tertiary/aromatic N) is 1. The van der Waals surface area contributed by atoms with Crippen LogP contribution in [0.25, 0.3) is 0 Å². The Morgan fingerprint density at radius 2 is 1.90 bits per heavy atom. The monoisotopic (exact) mass is 376 g/mol. The zero-order chi connectivity index (χ0) is 16.3. The molecule has 6 heteroatoms. The first-order chi connectivity index (χ1) is 9.58. The lowest BCUT2D eigenvalue weighted by molar-refractivity contribution is 0.310. The van der Waals surface area contributed by atoms with E-state index in [0.29, 0.717) is 22.5 Å². The molecule has 4 nitrogen and oxygen atoms in total. The highest BCUT2D eigenvalue weighted by Crippen LogP contribution is 2.27. The van der Waals surface area contributed by atoms with E-state index in [0.717, 1.165) is 12.1 Å². The van der Waals surface area contributed by atoms with Crippen LogP contribution in [0.1, 0.15) is 33.3 Å². The van der Waals surface area contributed by atoms with Gasteiger partial charge in [0.2, 0.25) is 10.0 Å². The van der Waals surface area contributed by atoms with Gasteiger partial charge in [-0.3, -0.25) is 0 Å². The van der Waals surface area contributed by atoms with Crippen LogP contribution in [0.5, 0.6) is 0 Å². The van der Waals surface area contributed by atoms with Gasteiger partial charge in [-0.1, -0.05) is 33.8 Å². The fourth-order valence-electron chi connectivity index (χ4n) is 2.05. The molecule has 0 bridgehead atoms. The molecule has 0 heterocycles. The van der Waals surface area contributed by atoms with E-state index in [-0.39, 0.29) is 5.41 Å². The first-order valence-electron chi connectivity index (χ1n) is 7.03. The topological polar surface area (TPSA) is 49.4 Å². The van der Waals surface area contributed by atoms with Crippen LogP contribution < -0.4 is 5.32 Å². The van der Waals surface area contributed by atoms with Gasteiger partial charge in [-0.15, -0.1) is 0 Å². The minimum atomic E-state index is -3.49. The lowest BCUT2D eigenvalue weighted by Gasteiger charge is -2.26. The summed E-state index contributed by atoms with van der Waals surface area (Å²) in [5, 5.41) is 3.21. The van der Waals surface area contributed by atoms with Crippen LogP contribution in [0.15, 0.2) is 27.6 Å². The molecule has 0 atom stereocenters. The van der Waals surface area contributed by atoms with Crippen molar-refractivity contribution < 1.29 is 8.42 Å². The van der Waals surface area contributed by atoms with Crippen LogP contribution in [-0.4, -0.2) is 32.9 Å². The summed E-state index contributed by atoms with van der Waals surface area (Å²) in [5.41, 5.74) is 0.873. The number of nitrogens with one attached hydrogen (secondary N) is 1. The molecular formula is C15H25BrN2O2S. The Labute approximate surface area is 137 Å². The second-order valence-corrected chi connectivity index (χ2v) is 9.23. The van der Waals surface area contributed by atoms with E-state index in [1.165, 1.54) is 4.31 Å². The Hall–Kier alpha value is -0.430. The molecule has 0 aromatic heterocycles. The lowest BCUT2D eigenvalue weighted by Crippen LogP contribution is -2.34. The number of sulfonamides is 1. The maximum absolute atomic E-state index is 12.7. The van der Waals surface area contributed by atoms with Crippen molar-refractivity contribution in [2.75, 3.05) is 20.1 Å². The number of hydrogen-bond acceptors (Lipinski definition) is 3. The smallest absolute Gasteiger partial charge is 0.243 e. The first-order valence-corrected chi connectivity index (χ1v) is 9.26. The summed E-state index contributed by atoms with van der Waals surface area (Å²) >= 11 is 3.36. The van der Waals surface area contributed by atoms with Crippen molar-refractivity contribution in [1.29, 1.82) is 0 Å². The largest absolute Gasteiger partial charge is 0.313 e. The van der Waals surface area contributed by atoms with Gasteiger partial charge in [0.15, 0.2) is 0 Å². The second kappa shape index (κ2) is 7.22. The number of halogens is 1. The SMILES string of the molecule is CCNCc1ccc(Br)c(S(=O)(=O)N(C)CC(C)(C)C)c1. The third kappa shape index (κ3) is 5.36. The highest BCUT2D eigenvalue weighted by molar-refractivity contribution is 9.10. The third-order valence-corrected chi connectivity index (χ3v) is 5.76. The molecule has 0 unspecified atom stereocenters. The van der Waals surface area contributed by atoms with E-state index in [1.807, 2.05) is 33.8 Å². The van der Waals surface area contributed by atoms with Crippen molar-refractivity contribution in [3.8, 4) is 0 Å². The molecule has 1 N–H and O–H groups in total. The van der Waals surface area contributed by atoms with Gasteiger partial charge in [0.25, 0.3) is 0 Å². The molecule has 21 heavy (non-hydrogen) atoms. The van der Waals surface area contributed by atoms with Crippen molar-refractivity contribution in [1.82, 2.24) is 9.62 Å². The quantitative estimate of drug-likeness (QED) is 0.828. The van der Waals surface area contributed by atoms with E-state index in [1.54, 1.807) is 19.2 Å². The zero-order valence-corrected chi connectivity index (χ0v) is 15.8. The van der Waals surface area contributed by atoms with Gasteiger partial charge < -0.3 is 5.32 Å². The maximum atomic E-state index is 12.7. The molecule has 120 valence electrons. The summed E-state index contributed by atoms with van der Waals surface area (Å²) < 4.78 is 27.5. The van der Waals surface area contributed by atoms with Gasteiger partial charge in [0.05, 0.1) is 4.90 Å².